The summed E-state index contributed by atoms with van der Waals surface area (Å²) in [6.45, 7) is 9.91. The third-order valence-electron chi connectivity index (χ3n) is 7.13. The zero-order chi connectivity index (χ0) is 29.3. The van der Waals surface area contributed by atoms with Crippen molar-refractivity contribution in [2.24, 2.45) is 0 Å². The molecular weight excluding hydrogens is 520 g/mol. The summed E-state index contributed by atoms with van der Waals surface area (Å²) in [5.74, 6) is 1.13. The highest BCUT2D eigenvalue weighted by Crippen LogP contribution is 2.41. The van der Waals surface area contributed by atoms with Gasteiger partial charge in [0.15, 0.2) is 11.6 Å². The highest BCUT2D eigenvalue weighted by atomic mass is 16.5. The maximum Gasteiger partial charge on any atom is 0.255 e. The molecule has 0 fully saturated rings. The van der Waals surface area contributed by atoms with Crippen molar-refractivity contribution in [2.75, 3.05) is 13.7 Å². The molecule has 3 heterocycles. The monoisotopic (exact) mass is 552 g/mol. The maximum atomic E-state index is 13.5. The topological polar surface area (TPSA) is 120 Å². The molecule has 2 aromatic carbocycles. The molecule has 0 atom stereocenters. The van der Waals surface area contributed by atoms with E-state index >= 15 is 0 Å². The van der Waals surface area contributed by atoms with Gasteiger partial charge >= 0.3 is 0 Å². The van der Waals surface area contributed by atoms with Crippen LogP contribution >= 0.6 is 0 Å². The van der Waals surface area contributed by atoms with Crippen molar-refractivity contribution in [3.05, 3.63) is 83.3 Å². The smallest absolute Gasteiger partial charge is 0.255 e. The van der Waals surface area contributed by atoms with Gasteiger partial charge in [0.05, 0.1) is 12.2 Å². The van der Waals surface area contributed by atoms with Crippen LogP contribution < -0.4 is 10.1 Å². The van der Waals surface area contributed by atoms with Crippen LogP contribution in [0.5, 0.6) is 5.75 Å². The van der Waals surface area contributed by atoms with E-state index in [-0.39, 0.29) is 18.1 Å². The number of hydrogen-bond donors (Lipinski definition) is 1. The number of carbonyl (C=O) groups is 2. The van der Waals surface area contributed by atoms with E-state index in [4.69, 9.17) is 13.7 Å². The van der Waals surface area contributed by atoms with Crippen LogP contribution in [0.2, 0.25) is 0 Å². The summed E-state index contributed by atoms with van der Waals surface area (Å²) in [4.78, 5) is 35.4. The summed E-state index contributed by atoms with van der Waals surface area (Å²) in [7, 11) is 1.59. The molecule has 0 bridgehead atoms. The molecule has 0 saturated heterocycles. The Kier molecular flexibility index (Phi) is 7.45. The molecule has 5 rings (SSSR count). The molecule has 41 heavy (non-hydrogen) atoms. The van der Waals surface area contributed by atoms with Crippen LogP contribution in [-0.2, 0) is 5.41 Å². The number of aryl methyl sites for hydroxylation is 2. The van der Waals surface area contributed by atoms with Gasteiger partial charge in [0.25, 0.3) is 5.91 Å². The van der Waals surface area contributed by atoms with E-state index in [0.717, 1.165) is 11.1 Å². The summed E-state index contributed by atoms with van der Waals surface area (Å²) in [6.07, 6.45) is 3.13. The van der Waals surface area contributed by atoms with Gasteiger partial charge in [-0.3, -0.25) is 14.6 Å². The van der Waals surface area contributed by atoms with Crippen LogP contribution in [0.3, 0.4) is 0 Å². The van der Waals surface area contributed by atoms with Crippen molar-refractivity contribution in [1.82, 2.24) is 20.4 Å². The predicted molar refractivity (Wildman–Crippen MR) is 155 cm³/mol. The summed E-state index contributed by atoms with van der Waals surface area (Å²) < 4.78 is 17.2. The lowest BCUT2D eigenvalue weighted by Crippen LogP contribution is -2.24. The normalized spacial score (nSPS) is 11.6. The lowest BCUT2D eigenvalue weighted by molar-refractivity contribution is 0.0949. The zero-order valence-corrected chi connectivity index (χ0v) is 24.0. The second kappa shape index (κ2) is 11.0. The molecular formula is C32H32N4O5. The number of nitrogens with one attached hydrogen (secondary N) is 1. The number of carbonyl (C=O) groups excluding carboxylic acids is 2. The Balaban J connectivity index is 1.64. The van der Waals surface area contributed by atoms with Crippen molar-refractivity contribution in [3.63, 3.8) is 0 Å². The number of ketones is 1. The summed E-state index contributed by atoms with van der Waals surface area (Å²) >= 11 is 0. The quantitative estimate of drug-likeness (QED) is 0.207. The Labute approximate surface area is 237 Å². The maximum absolute atomic E-state index is 13.5. The zero-order valence-electron chi connectivity index (χ0n) is 24.0. The number of pyridine rings is 1. The van der Waals surface area contributed by atoms with Gasteiger partial charge in [0.1, 0.15) is 17.1 Å². The number of furan rings is 1. The van der Waals surface area contributed by atoms with Crippen molar-refractivity contribution in [3.8, 4) is 28.2 Å². The van der Waals surface area contributed by atoms with Crippen LogP contribution in [0.1, 0.15) is 65.0 Å². The first-order valence-corrected chi connectivity index (χ1v) is 13.4. The van der Waals surface area contributed by atoms with Gasteiger partial charge in [0.2, 0.25) is 6.39 Å². The minimum absolute atomic E-state index is 0.0956. The van der Waals surface area contributed by atoms with Crippen LogP contribution in [0.15, 0.2) is 64.0 Å². The minimum Gasteiger partial charge on any atom is -0.493 e. The first-order valence-electron chi connectivity index (χ1n) is 13.4. The van der Waals surface area contributed by atoms with Crippen LogP contribution in [0.25, 0.3) is 33.4 Å². The molecule has 9 nitrogen and oxygen atoms in total. The first kappa shape index (κ1) is 27.8. The van der Waals surface area contributed by atoms with Gasteiger partial charge in [-0.15, -0.1) is 0 Å². The Morgan fingerprint density at radius 3 is 2.44 bits per heavy atom. The molecule has 1 amide bonds. The molecule has 5 aromatic rings. The average molecular weight is 553 g/mol. The summed E-state index contributed by atoms with van der Waals surface area (Å²) in [5.41, 5.74) is 4.68. The molecule has 0 unspecified atom stereocenters. The van der Waals surface area contributed by atoms with E-state index in [1.807, 2.05) is 64.1 Å². The Morgan fingerprint density at radius 1 is 1.02 bits per heavy atom. The number of benzene rings is 2. The van der Waals surface area contributed by atoms with Crippen LogP contribution in [0.4, 0.5) is 0 Å². The average Bonchev–Trinajstić information content (AvgIpc) is 3.62. The van der Waals surface area contributed by atoms with Gasteiger partial charge in [-0.25, -0.2) is 0 Å². The molecule has 0 aliphatic carbocycles. The predicted octanol–water partition coefficient (Wildman–Crippen LogP) is 6.47. The number of rotatable bonds is 9. The third kappa shape index (κ3) is 5.35. The first-order chi connectivity index (χ1) is 19.6. The van der Waals surface area contributed by atoms with Crippen molar-refractivity contribution >= 4 is 22.7 Å². The van der Waals surface area contributed by atoms with Crippen molar-refractivity contribution < 1.29 is 23.3 Å². The van der Waals surface area contributed by atoms with E-state index < -0.39 is 5.41 Å². The van der Waals surface area contributed by atoms with Gasteiger partial charge in [-0.05, 0) is 32.9 Å². The van der Waals surface area contributed by atoms with Gasteiger partial charge in [0, 0.05) is 64.5 Å². The SMILES string of the molecule is CCOc1cc2oc(-c3ccc(C)cc3)c(C(=O)NC)c2cc1-c1cnc(C)c(C(=O)CC(C)(C)c2ncon2)c1. The number of hydrogen-bond acceptors (Lipinski definition) is 8. The lowest BCUT2D eigenvalue weighted by Gasteiger charge is -2.20. The van der Waals surface area contributed by atoms with Crippen molar-refractivity contribution in [1.29, 1.82) is 0 Å². The number of ether oxygens (including phenoxy) is 1. The number of fused-ring (bicyclic) bond motifs is 1. The number of amides is 1. The Hall–Kier alpha value is -4.79. The molecule has 0 aliphatic heterocycles. The molecule has 0 aliphatic rings. The number of Topliss-reactive ketones (excluding diaryl/α,β-unsaturated/α-hetero) is 1. The fourth-order valence-corrected chi connectivity index (χ4v) is 4.89. The standard InChI is InChI=1S/C32H32N4O5/c1-7-39-26-14-27-24(28(30(38)33-6)29(41-27)20-10-8-18(2)9-11-20)13-23(26)21-12-22(19(3)34-16-21)25(37)15-32(4,5)31-35-17-40-36-31/h8-14,16-17H,7,15H2,1-6H3,(H,33,38). The largest absolute Gasteiger partial charge is 0.493 e. The van der Waals surface area contributed by atoms with E-state index in [1.165, 1.54) is 6.39 Å². The van der Waals surface area contributed by atoms with E-state index in [1.54, 1.807) is 26.2 Å². The van der Waals surface area contributed by atoms with Gasteiger partial charge < -0.3 is 19.0 Å². The second-order valence-electron chi connectivity index (χ2n) is 10.6. The molecule has 0 saturated carbocycles. The van der Waals surface area contributed by atoms with E-state index in [9.17, 15) is 9.59 Å². The summed E-state index contributed by atoms with van der Waals surface area (Å²) in [5, 5.41) is 7.30. The minimum atomic E-state index is -0.631. The molecule has 1 N–H and O–H groups in total. The van der Waals surface area contributed by atoms with Crippen molar-refractivity contribution in [2.45, 2.75) is 46.5 Å². The number of nitrogens with zero attached hydrogens (tertiary/aromatic N) is 3. The van der Waals surface area contributed by atoms with Gasteiger partial charge in [-0.2, -0.15) is 4.98 Å². The van der Waals surface area contributed by atoms with Crippen LogP contribution in [0, 0.1) is 13.8 Å². The fraction of sp³-hybridized carbons (Fsp3) is 0.281. The molecule has 3 aromatic heterocycles. The second-order valence-corrected chi connectivity index (χ2v) is 10.6. The van der Waals surface area contributed by atoms with Gasteiger partial charge in [-0.1, -0.05) is 48.8 Å². The highest BCUT2D eigenvalue weighted by molar-refractivity contribution is 6.12. The lowest BCUT2D eigenvalue weighted by atomic mass is 9.84. The molecule has 210 valence electrons. The third-order valence-corrected chi connectivity index (χ3v) is 7.13. The Morgan fingerprint density at radius 2 is 1.78 bits per heavy atom. The molecule has 0 spiro atoms. The number of aromatic nitrogens is 3. The van der Waals surface area contributed by atoms with E-state index in [0.29, 0.717) is 62.9 Å². The van der Waals surface area contributed by atoms with E-state index in [2.05, 4.69) is 20.4 Å². The van der Waals surface area contributed by atoms with Crippen LogP contribution in [-0.4, -0.2) is 40.5 Å². The molecule has 9 heteroatoms. The fourth-order valence-electron chi connectivity index (χ4n) is 4.89. The Bertz CT molecular complexity index is 1730. The summed E-state index contributed by atoms with van der Waals surface area (Å²) in [6, 6.07) is 13.3. The molecule has 0 radical (unpaired) electrons. The highest BCUT2D eigenvalue weighted by Gasteiger charge is 2.30.